The van der Waals surface area contributed by atoms with Gasteiger partial charge in [-0.25, -0.2) is 24.0 Å². The van der Waals surface area contributed by atoms with E-state index in [2.05, 4.69) is 20.7 Å². The lowest BCUT2D eigenvalue weighted by atomic mass is 10.1. The van der Waals surface area contributed by atoms with Crippen LogP contribution in [0, 0.1) is 13.8 Å². The maximum atomic E-state index is 13.3. The summed E-state index contributed by atoms with van der Waals surface area (Å²) in [5.41, 5.74) is 3.38. The summed E-state index contributed by atoms with van der Waals surface area (Å²) < 4.78 is 11.2. The van der Waals surface area contributed by atoms with Gasteiger partial charge in [-0.2, -0.15) is 5.10 Å². The van der Waals surface area contributed by atoms with Crippen molar-refractivity contribution in [3.63, 3.8) is 0 Å². The molecule has 0 saturated heterocycles. The molecule has 0 radical (unpaired) electrons. The molecular formula is C28H30N6O7. The zero-order valence-electron chi connectivity index (χ0n) is 22.9. The van der Waals surface area contributed by atoms with Crippen LogP contribution in [0.5, 0.6) is 0 Å². The molecule has 0 bridgehead atoms. The number of nitrogens with one attached hydrogen (secondary N) is 2. The van der Waals surface area contributed by atoms with Gasteiger partial charge in [-0.3, -0.25) is 14.4 Å². The fraction of sp³-hybridized carbons (Fsp3) is 0.321. The van der Waals surface area contributed by atoms with E-state index in [1.54, 1.807) is 35.8 Å². The van der Waals surface area contributed by atoms with Gasteiger partial charge in [0.05, 0.1) is 5.56 Å². The highest BCUT2D eigenvalue weighted by molar-refractivity contribution is 6.04. The molecule has 0 unspecified atom stereocenters. The Morgan fingerprint density at radius 3 is 2.66 bits per heavy atom. The van der Waals surface area contributed by atoms with Crippen LogP contribution in [0.1, 0.15) is 58.0 Å². The van der Waals surface area contributed by atoms with Gasteiger partial charge in [0, 0.05) is 36.1 Å². The second-order valence-electron chi connectivity index (χ2n) is 9.42. The zero-order valence-corrected chi connectivity index (χ0v) is 22.9. The predicted octanol–water partition coefficient (Wildman–Crippen LogP) is 3.23. The molecule has 1 aromatic carbocycles. The molecule has 2 N–H and O–H groups in total. The normalized spacial score (nSPS) is 12.7. The van der Waals surface area contributed by atoms with E-state index >= 15 is 0 Å². The number of aryl methyl sites for hydroxylation is 2. The Labute approximate surface area is 235 Å². The molecule has 1 aliphatic carbocycles. The Kier molecular flexibility index (Phi) is 9.07. The Bertz CT molecular complexity index is 1530. The highest BCUT2D eigenvalue weighted by Crippen LogP contribution is 2.28. The van der Waals surface area contributed by atoms with E-state index in [9.17, 15) is 24.0 Å². The quantitative estimate of drug-likeness (QED) is 0.154. The molecule has 4 rings (SSSR count). The minimum absolute atomic E-state index is 0.0644. The van der Waals surface area contributed by atoms with Crippen LogP contribution in [0.2, 0.25) is 0 Å². The summed E-state index contributed by atoms with van der Waals surface area (Å²) in [6.07, 6.45) is 6.66. The number of rotatable bonds is 11. The molecule has 1 saturated carbocycles. The molecule has 2 heterocycles. The average molecular weight is 563 g/mol. The fourth-order valence-corrected chi connectivity index (χ4v) is 4.03. The van der Waals surface area contributed by atoms with Crippen molar-refractivity contribution in [1.29, 1.82) is 0 Å². The second kappa shape index (κ2) is 12.9. The van der Waals surface area contributed by atoms with Gasteiger partial charge in [0.1, 0.15) is 18.1 Å². The molecule has 0 atom stereocenters. The molecule has 13 nitrogen and oxygen atoms in total. The molecule has 0 spiro atoms. The Hall–Kier alpha value is -5.07. The highest BCUT2D eigenvalue weighted by atomic mass is 16.7. The van der Waals surface area contributed by atoms with Crippen LogP contribution in [0.25, 0.3) is 5.52 Å². The third-order valence-electron chi connectivity index (χ3n) is 6.33. The van der Waals surface area contributed by atoms with Gasteiger partial charge >= 0.3 is 12.1 Å². The standard InChI is InChI=1S/C28H30N6O7/c1-4-11-33(28(39)41-16-40-23(36)6-5-12-35)27(38)19-8-7-17(2)22(13-19)32-25-24-18(3)21(14-34(24)30-15-29-25)26(37)31-20-9-10-20/h5-8,12-15,20H,4,9-11,16H2,1-3H3,(H,31,37)(H,29,30,32)/b6-5+. The minimum atomic E-state index is -0.988. The van der Waals surface area contributed by atoms with E-state index < -0.39 is 24.8 Å². The van der Waals surface area contributed by atoms with Crippen molar-refractivity contribution in [3.05, 3.63) is 65.1 Å². The summed E-state index contributed by atoms with van der Waals surface area (Å²) in [5, 5.41) is 10.5. The average Bonchev–Trinajstić information content (AvgIpc) is 3.71. The number of benzene rings is 1. The molecule has 13 heteroatoms. The summed E-state index contributed by atoms with van der Waals surface area (Å²) in [5.74, 6) is -1.22. The second-order valence-corrected chi connectivity index (χ2v) is 9.42. The maximum absolute atomic E-state index is 13.3. The predicted molar refractivity (Wildman–Crippen MR) is 147 cm³/mol. The molecule has 41 heavy (non-hydrogen) atoms. The number of carbonyl (C=O) groups excluding carboxylic acids is 5. The van der Waals surface area contributed by atoms with E-state index in [4.69, 9.17) is 9.47 Å². The van der Waals surface area contributed by atoms with Gasteiger partial charge in [0.2, 0.25) is 6.79 Å². The molecule has 0 aliphatic heterocycles. The number of allylic oxidation sites excluding steroid dienone is 1. The number of carbonyl (C=O) groups is 5. The van der Waals surface area contributed by atoms with Crippen molar-refractivity contribution in [2.45, 2.75) is 46.1 Å². The summed E-state index contributed by atoms with van der Waals surface area (Å²) >= 11 is 0. The first-order valence-corrected chi connectivity index (χ1v) is 13.0. The van der Waals surface area contributed by atoms with Crippen LogP contribution in [-0.2, 0) is 19.1 Å². The molecular weight excluding hydrogens is 532 g/mol. The largest absolute Gasteiger partial charge is 0.425 e. The van der Waals surface area contributed by atoms with Crippen molar-refractivity contribution in [3.8, 4) is 0 Å². The van der Waals surface area contributed by atoms with Crippen LogP contribution < -0.4 is 10.6 Å². The lowest BCUT2D eigenvalue weighted by Gasteiger charge is -2.20. The van der Waals surface area contributed by atoms with Gasteiger partial charge in [0.15, 0.2) is 5.82 Å². The maximum Gasteiger partial charge on any atom is 0.419 e. The molecule has 3 aromatic rings. The smallest absolute Gasteiger partial charge is 0.419 e. The van der Waals surface area contributed by atoms with E-state index in [1.165, 1.54) is 6.33 Å². The van der Waals surface area contributed by atoms with Crippen molar-refractivity contribution < 1.29 is 33.4 Å². The number of ether oxygens (including phenoxy) is 2. The summed E-state index contributed by atoms with van der Waals surface area (Å²) in [6.45, 7) is 4.80. The first-order valence-electron chi connectivity index (χ1n) is 13.0. The number of aromatic nitrogens is 3. The van der Waals surface area contributed by atoms with E-state index in [0.717, 1.165) is 35.5 Å². The SMILES string of the molecule is CCCN(C(=O)OCOC(=O)/C=C/C=O)C(=O)c1ccc(C)c(Nc2ncnn3cc(C(=O)NC4CC4)c(C)c23)c1. The topological polar surface area (TPSA) is 161 Å². The van der Waals surface area contributed by atoms with Crippen LogP contribution in [0.15, 0.2) is 42.9 Å². The van der Waals surface area contributed by atoms with Crippen molar-refractivity contribution in [1.82, 2.24) is 24.8 Å². The number of amides is 3. The van der Waals surface area contributed by atoms with Crippen LogP contribution >= 0.6 is 0 Å². The van der Waals surface area contributed by atoms with E-state index in [1.807, 2.05) is 13.8 Å². The van der Waals surface area contributed by atoms with Crippen molar-refractivity contribution in [2.75, 3.05) is 18.7 Å². The van der Waals surface area contributed by atoms with Crippen LogP contribution in [-0.4, -0.2) is 69.0 Å². The van der Waals surface area contributed by atoms with Crippen molar-refractivity contribution in [2.24, 2.45) is 0 Å². The number of fused-ring (bicyclic) bond motifs is 1. The summed E-state index contributed by atoms with van der Waals surface area (Å²) in [7, 11) is 0. The van der Waals surface area contributed by atoms with Gasteiger partial charge in [-0.05, 0) is 62.4 Å². The lowest BCUT2D eigenvalue weighted by Crippen LogP contribution is -2.38. The van der Waals surface area contributed by atoms with Crippen LogP contribution in [0.3, 0.4) is 0 Å². The van der Waals surface area contributed by atoms with Gasteiger partial charge in [-0.1, -0.05) is 13.0 Å². The Morgan fingerprint density at radius 1 is 1.17 bits per heavy atom. The van der Waals surface area contributed by atoms with Gasteiger partial charge in [-0.15, -0.1) is 0 Å². The minimum Gasteiger partial charge on any atom is -0.425 e. The summed E-state index contributed by atoms with van der Waals surface area (Å²) in [4.78, 5) is 65.7. The fourth-order valence-electron chi connectivity index (χ4n) is 4.03. The Morgan fingerprint density at radius 2 is 1.95 bits per heavy atom. The van der Waals surface area contributed by atoms with Gasteiger partial charge < -0.3 is 20.1 Å². The summed E-state index contributed by atoms with van der Waals surface area (Å²) in [6, 6.07) is 5.11. The molecule has 214 valence electrons. The number of anilines is 2. The first-order chi connectivity index (χ1) is 19.7. The number of imide groups is 1. The van der Waals surface area contributed by atoms with Gasteiger partial charge in [0.25, 0.3) is 11.8 Å². The number of aldehydes is 1. The third-order valence-corrected chi connectivity index (χ3v) is 6.33. The number of hydrogen-bond donors (Lipinski definition) is 2. The number of esters is 1. The number of hydrogen-bond acceptors (Lipinski definition) is 10. The molecule has 2 aromatic heterocycles. The van der Waals surface area contributed by atoms with E-state index in [-0.39, 0.29) is 24.1 Å². The van der Waals surface area contributed by atoms with E-state index in [0.29, 0.717) is 40.9 Å². The molecule has 3 amide bonds. The third kappa shape index (κ3) is 6.93. The molecule has 1 fully saturated rings. The Balaban J connectivity index is 1.53. The van der Waals surface area contributed by atoms with Crippen LogP contribution in [0.4, 0.5) is 16.3 Å². The first kappa shape index (κ1) is 28.9. The zero-order chi connectivity index (χ0) is 29.5. The number of nitrogens with zero attached hydrogens (tertiary/aromatic N) is 4. The molecule has 1 aliphatic rings. The lowest BCUT2D eigenvalue weighted by molar-refractivity contribution is -0.146. The van der Waals surface area contributed by atoms with Crippen molar-refractivity contribution >= 4 is 47.2 Å². The highest BCUT2D eigenvalue weighted by Gasteiger charge is 2.27. The monoisotopic (exact) mass is 562 g/mol.